The van der Waals surface area contributed by atoms with E-state index in [9.17, 15) is 13.2 Å². The van der Waals surface area contributed by atoms with Crippen molar-refractivity contribution in [2.45, 2.75) is 38.8 Å². The molecule has 0 aliphatic rings. The van der Waals surface area contributed by atoms with Crippen LogP contribution in [0.25, 0.3) is 0 Å². The fourth-order valence-corrected chi connectivity index (χ4v) is 1.63. The van der Waals surface area contributed by atoms with Crippen LogP contribution in [-0.4, -0.2) is 0 Å². The van der Waals surface area contributed by atoms with Gasteiger partial charge in [0.25, 0.3) is 0 Å². The molecule has 0 amide bonds. The minimum Gasteiger partial charge on any atom is -0.166 e. The van der Waals surface area contributed by atoms with E-state index in [0.717, 1.165) is 0 Å². The third kappa shape index (κ3) is 2.77. The van der Waals surface area contributed by atoms with Crippen molar-refractivity contribution >= 4 is 0 Å². The van der Waals surface area contributed by atoms with Crippen LogP contribution >= 0.6 is 0 Å². The minimum atomic E-state index is -4.29. The monoisotopic (exact) mass is 229 g/mol. The fourth-order valence-electron chi connectivity index (χ4n) is 1.63. The lowest BCUT2D eigenvalue weighted by molar-refractivity contribution is -0.138. The predicted molar refractivity (Wildman–Crippen MR) is 59.3 cm³/mol. The summed E-state index contributed by atoms with van der Waals surface area (Å²) in [5.74, 6) is -0.270. The van der Waals surface area contributed by atoms with Gasteiger partial charge in [-0.05, 0) is 36.0 Å². The first-order valence-electron chi connectivity index (χ1n) is 5.27. The van der Waals surface area contributed by atoms with Crippen LogP contribution in [0.3, 0.4) is 0 Å². The normalized spacial score (nSPS) is 12.6. The molecule has 0 bridgehead atoms. The Morgan fingerprint density at radius 1 is 1.12 bits per heavy atom. The van der Waals surface area contributed by atoms with Crippen LogP contribution in [0.15, 0.2) is 18.2 Å². The predicted octanol–water partition coefficient (Wildman–Crippen LogP) is 4.77. The Bertz CT molecular complexity index is 362. The minimum absolute atomic E-state index is 0.134. The molecule has 0 aliphatic heterocycles. The molecule has 3 heteroatoms. The van der Waals surface area contributed by atoms with Crippen molar-refractivity contribution < 1.29 is 13.2 Å². The zero-order valence-corrected chi connectivity index (χ0v) is 9.73. The second-order valence-corrected chi connectivity index (χ2v) is 4.40. The standard InChI is InChI=1S/C13H16F3/c1-8(2)10-5-6-11(9(3)4)12(7-10)13(14,15)16/h5-9H,1H2,2-4H3. The van der Waals surface area contributed by atoms with E-state index in [1.54, 1.807) is 32.9 Å². The Morgan fingerprint density at radius 2 is 1.69 bits per heavy atom. The lowest BCUT2D eigenvalue weighted by Crippen LogP contribution is -2.11. The maximum atomic E-state index is 12.8. The van der Waals surface area contributed by atoms with Crippen molar-refractivity contribution in [2.24, 2.45) is 0 Å². The summed E-state index contributed by atoms with van der Waals surface area (Å²) in [5, 5.41) is 0. The van der Waals surface area contributed by atoms with Gasteiger partial charge in [-0.25, -0.2) is 0 Å². The number of halogens is 3. The number of benzene rings is 1. The fraction of sp³-hybridized carbons (Fsp3) is 0.462. The smallest absolute Gasteiger partial charge is 0.166 e. The Labute approximate surface area is 94.5 Å². The van der Waals surface area contributed by atoms with Crippen LogP contribution in [-0.2, 0) is 6.18 Å². The van der Waals surface area contributed by atoms with E-state index in [4.69, 9.17) is 0 Å². The van der Waals surface area contributed by atoms with Gasteiger partial charge < -0.3 is 0 Å². The summed E-state index contributed by atoms with van der Waals surface area (Å²) in [5.41, 5.74) is 0.434. The molecule has 0 saturated carbocycles. The molecule has 0 fully saturated rings. The molecule has 1 unspecified atom stereocenters. The van der Waals surface area contributed by atoms with Gasteiger partial charge in [0.1, 0.15) is 0 Å². The third-order valence-corrected chi connectivity index (χ3v) is 2.57. The first-order valence-corrected chi connectivity index (χ1v) is 5.27. The Morgan fingerprint density at radius 3 is 2.06 bits per heavy atom. The third-order valence-electron chi connectivity index (χ3n) is 2.57. The Hall–Kier alpha value is -0.990. The van der Waals surface area contributed by atoms with E-state index >= 15 is 0 Å². The van der Waals surface area contributed by atoms with E-state index < -0.39 is 11.7 Å². The highest BCUT2D eigenvalue weighted by Gasteiger charge is 2.34. The average Bonchev–Trinajstić information content (AvgIpc) is 2.15. The van der Waals surface area contributed by atoms with Crippen LogP contribution in [0.4, 0.5) is 13.2 Å². The summed E-state index contributed by atoms with van der Waals surface area (Å²) < 4.78 is 38.5. The molecule has 1 radical (unpaired) electrons. The molecule has 0 N–H and O–H groups in total. The highest BCUT2D eigenvalue weighted by molar-refractivity contribution is 5.37. The van der Waals surface area contributed by atoms with Gasteiger partial charge in [-0.1, -0.05) is 32.9 Å². The topological polar surface area (TPSA) is 0 Å². The van der Waals surface area contributed by atoms with Crippen molar-refractivity contribution in [2.75, 3.05) is 0 Å². The molecule has 0 saturated heterocycles. The largest absolute Gasteiger partial charge is 0.416 e. The zero-order chi connectivity index (χ0) is 12.5. The highest BCUT2D eigenvalue weighted by Crippen LogP contribution is 2.36. The summed E-state index contributed by atoms with van der Waals surface area (Å²) in [6, 6.07) is 4.50. The SMILES string of the molecule is [CH2]C(C)c1ccc(C(C)C)c(C(F)(F)F)c1. The first-order chi connectivity index (χ1) is 7.23. The summed E-state index contributed by atoms with van der Waals surface area (Å²) in [7, 11) is 0. The van der Waals surface area contributed by atoms with Crippen LogP contribution in [0.1, 0.15) is 49.3 Å². The average molecular weight is 229 g/mol. The molecule has 1 atom stereocenters. The second kappa shape index (κ2) is 4.48. The number of hydrogen-bond donors (Lipinski definition) is 0. The Balaban J connectivity index is 3.33. The van der Waals surface area contributed by atoms with Crippen molar-refractivity contribution in [3.05, 3.63) is 41.8 Å². The Kier molecular flexibility index (Phi) is 3.66. The van der Waals surface area contributed by atoms with Crippen molar-refractivity contribution in [3.8, 4) is 0 Å². The maximum absolute atomic E-state index is 12.8. The molecule has 1 aromatic carbocycles. The molecule has 0 spiro atoms. The molecular formula is C13H16F3. The number of hydrogen-bond acceptors (Lipinski definition) is 0. The first kappa shape index (κ1) is 13.1. The summed E-state index contributed by atoms with van der Waals surface area (Å²) in [6.07, 6.45) is -4.29. The molecule has 0 aromatic heterocycles. The van der Waals surface area contributed by atoms with Gasteiger partial charge in [-0.2, -0.15) is 13.2 Å². The lowest BCUT2D eigenvalue weighted by atomic mass is 9.92. The second-order valence-electron chi connectivity index (χ2n) is 4.40. The molecule has 0 heterocycles. The molecule has 1 aromatic rings. The lowest BCUT2D eigenvalue weighted by Gasteiger charge is -2.18. The summed E-state index contributed by atoms with van der Waals surface area (Å²) in [6.45, 7) is 9.04. The van der Waals surface area contributed by atoms with Crippen molar-refractivity contribution in [1.82, 2.24) is 0 Å². The van der Waals surface area contributed by atoms with Gasteiger partial charge in [0.05, 0.1) is 5.56 Å². The molecule has 0 nitrogen and oxygen atoms in total. The van der Waals surface area contributed by atoms with Gasteiger partial charge in [-0.3, -0.25) is 0 Å². The van der Waals surface area contributed by atoms with Gasteiger partial charge in [0, 0.05) is 0 Å². The highest BCUT2D eigenvalue weighted by atomic mass is 19.4. The molecular weight excluding hydrogens is 213 g/mol. The summed E-state index contributed by atoms with van der Waals surface area (Å²) >= 11 is 0. The molecule has 0 aliphatic carbocycles. The van der Waals surface area contributed by atoms with Gasteiger partial charge in [0.15, 0.2) is 0 Å². The molecule has 89 valence electrons. The van der Waals surface area contributed by atoms with Crippen LogP contribution < -0.4 is 0 Å². The van der Waals surface area contributed by atoms with Gasteiger partial charge in [-0.15, -0.1) is 0 Å². The van der Waals surface area contributed by atoms with Gasteiger partial charge >= 0.3 is 6.18 Å². The van der Waals surface area contributed by atoms with E-state index in [-0.39, 0.29) is 11.8 Å². The number of alkyl halides is 3. The molecule has 1 rings (SSSR count). The van der Waals surface area contributed by atoms with E-state index in [0.29, 0.717) is 11.1 Å². The van der Waals surface area contributed by atoms with Crippen LogP contribution in [0.2, 0.25) is 0 Å². The maximum Gasteiger partial charge on any atom is 0.416 e. The quantitative estimate of drug-likeness (QED) is 0.685. The summed E-state index contributed by atoms with van der Waals surface area (Å²) in [4.78, 5) is 0. The van der Waals surface area contributed by atoms with Gasteiger partial charge in [0.2, 0.25) is 0 Å². The van der Waals surface area contributed by atoms with E-state index in [1.165, 1.54) is 6.07 Å². The van der Waals surface area contributed by atoms with E-state index in [2.05, 4.69) is 6.92 Å². The van der Waals surface area contributed by atoms with Crippen molar-refractivity contribution in [1.29, 1.82) is 0 Å². The van der Waals surface area contributed by atoms with Crippen molar-refractivity contribution in [3.63, 3.8) is 0 Å². The van der Waals surface area contributed by atoms with Crippen LogP contribution in [0.5, 0.6) is 0 Å². The zero-order valence-electron chi connectivity index (χ0n) is 9.73. The van der Waals surface area contributed by atoms with Crippen LogP contribution in [0, 0.1) is 6.92 Å². The molecule has 16 heavy (non-hydrogen) atoms. The number of rotatable bonds is 2. The van der Waals surface area contributed by atoms with E-state index in [1.807, 2.05) is 0 Å².